The number of nitrogens with zero attached hydrogens (tertiary/aromatic N) is 1. The van der Waals surface area contributed by atoms with Gasteiger partial charge >= 0.3 is 0 Å². The normalized spacial score (nSPS) is 11.9. The van der Waals surface area contributed by atoms with Crippen molar-refractivity contribution < 1.29 is 4.79 Å². The van der Waals surface area contributed by atoms with Crippen molar-refractivity contribution in [3.63, 3.8) is 0 Å². The molecule has 0 radical (unpaired) electrons. The molecule has 0 aliphatic heterocycles. The van der Waals surface area contributed by atoms with Crippen LogP contribution in [0.1, 0.15) is 18.5 Å². The number of nitrogens with two attached hydrogens (primary N) is 1. The van der Waals surface area contributed by atoms with Gasteiger partial charge < -0.3 is 15.6 Å². The van der Waals surface area contributed by atoms with E-state index < -0.39 is 0 Å². The van der Waals surface area contributed by atoms with E-state index in [-0.39, 0.29) is 24.1 Å². The lowest BCUT2D eigenvalue weighted by Crippen LogP contribution is -2.33. The van der Waals surface area contributed by atoms with Gasteiger partial charge in [-0.2, -0.15) is 0 Å². The summed E-state index contributed by atoms with van der Waals surface area (Å²) in [5.74, 6) is -0.238. The molecule has 0 aliphatic rings. The van der Waals surface area contributed by atoms with Crippen LogP contribution in [0.3, 0.4) is 0 Å². The van der Waals surface area contributed by atoms with Crippen molar-refractivity contribution in [2.45, 2.75) is 19.5 Å². The fourth-order valence-electron chi connectivity index (χ4n) is 1.95. The van der Waals surface area contributed by atoms with Crippen LogP contribution in [0, 0.1) is 0 Å². The Hall–Kier alpha value is -2.08. The average molecular weight is 350 g/mol. The van der Waals surface area contributed by atoms with Crippen LogP contribution in [-0.4, -0.2) is 10.5 Å². The molecule has 2 aromatic rings. The summed E-state index contributed by atoms with van der Waals surface area (Å²) in [5.41, 5.74) is 6.80. The van der Waals surface area contributed by atoms with Gasteiger partial charge in [-0.1, -0.05) is 28.1 Å². The van der Waals surface area contributed by atoms with Crippen LogP contribution in [0.25, 0.3) is 0 Å². The first-order valence-corrected chi connectivity index (χ1v) is 7.26. The van der Waals surface area contributed by atoms with Gasteiger partial charge in [-0.15, -0.1) is 0 Å². The van der Waals surface area contributed by atoms with E-state index in [4.69, 9.17) is 5.73 Å². The number of carbonyl (C=O) groups is 1. The Bertz CT molecular complexity index is 695. The van der Waals surface area contributed by atoms with Crippen LogP contribution in [0.2, 0.25) is 0 Å². The number of rotatable bonds is 4. The lowest BCUT2D eigenvalue weighted by atomic mass is 10.1. The Morgan fingerprint density at radius 3 is 2.62 bits per heavy atom. The third-order valence-electron chi connectivity index (χ3n) is 3.07. The van der Waals surface area contributed by atoms with Crippen molar-refractivity contribution >= 4 is 27.5 Å². The molecule has 0 saturated heterocycles. The highest BCUT2D eigenvalue weighted by Gasteiger charge is 2.10. The van der Waals surface area contributed by atoms with E-state index in [0.29, 0.717) is 5.69 Å². The molecule has 3 N–H and O–H groups in total. The Labute approximate surface area is 130 Å². The summed E-state index contributed by atoms with van der Waals surface area (Å²) >= 11 is 3.37. The molecule has 0 saturated carbocycles. The van der Waals surface area contributed by atoms with E-state index in [2.05, 4.69) is 21.2 Å². The Balaban J connectivity index is 2.03. The lowest BCUT2D eigenvalue weighted by Gasteiger charge is -2.15. The zero-order valence-electron chi connectivity index (χ0n) is 11.5. The molecule has 1 atom stereocenters. The summed E-state index contributed by atoms with van der Waals surface area (Å²) in [7, 11) is 0. The van der Waals surface area contributed by atoms with Gasteiger partial charge in [0.1, 0.15) is 6.54 Å². The summed E-state index contributed by atoms with van der Waals surface area (Å²) in [6.45, 7) is 1.84. The molecule has 5 nitrogen and oxygen atoms in total. The third kappa shape index (κ3) is 4.19. The quantitative estimate of drug-likeness (QED) is 0.886. The van der Waals surface area contributed by atoms with Crippen molar-refractivity contribution in [2.75, 3.05) is 5.73 Å². The highest BCUT2D eigenvalue weighted by molar-refractivity contribution is 9.10. The topological polar surface area (TPSA) is 77.1 Å². The van der Waals surface area contributed by atoms with Crippen LogP contribution < -0.4 is 16.6 Å². The van der Waals surface area contributed by atoms with E-state index >= 15 is 0 Å². The molecule has 0 fully saturated rings. The van der Waals surface area contributed by atoms with Gasteiger partial charge in [0.25, 0.3) is 5.56 Å². The number of aromatic nitrogens is 1. The van der Waals surface area contributed by atoms with Crippen LogP contribution in [-0.2, 0) is 11.3 Å². The van der Waals surface area contributed by atoms with Gasteiger partial charge in [0.2, 0.25) is 5.91 Å². The number of benzene rings is 1. The van der Waals surface area contributed by atoms with E-state index in [1.54, 1.807) is 0 Å². The van der Waals surface area contributed by atoms with E-state index in [1.165, 1.54) is 22.9 Å². The minimum Gasteiger partial charge on any atom is -0.398 e. The average Bonchev–Trinajstić information content (AvgIpc) is 2.43. The van der Waals surface area contributed by atoms with Gasteiger partial charge in [0.05, 0.1) is 6.04 Å². The van der Waals surface area contributed by atoms with Gasteiger partial charge in [-0.3, -0.25) is 9.59 Å². The summed E-state index contributed by atoms with van der Waals surface area (Å²) in [6, 6.07) is 10.4. The van der Waals surface area contributed by atoms with Gasteiger partial charge in [0, 0.05) is 22.4 Å². The van der Waals surface area contributed by atoms with Gasteiger partial charge in [-0.05, 0) is 30.7 Å². The van der Waals surface area contributed by atoms with Crippen LogP contribution in [0.5, 0.6) is 0 Å². The predicted octanol–water partition coefficient (Wildman–Crippen LogP) is 2.07. The molecule has 1 aromatic heterocycles. The molecule has 0 spiro atoms. The maximum Gasteiger partial charge on any atom is 0.251 e. The van der Waals surface area contributed by atoms with E-state index in [0.717, 1.165) is 10.0 Å². The van der Waals surface area contributed by atoms with Crippen molar-refractivity contribution in [2.24, 2.45) is 0 Å². The maximum atomic E-state index is 12.0. The van der Waals surface area contributed by atoms with E-state index in [9.17, 15) is 9.59 Å². The fourth-order valence-corrected chi connectivity index (χ4v) is 2.21. The number of anilines is 1. The molecule has 110 valence electrons. The first-order chi connectivity index (χ1) is 9.95. The van der Waals surface area contributed by atoms with E-state index in [1.807, 2.05) is 31.2 Å². The first-order valence-electron chi connectivity index (χ1n) is 6.46. The highest BCUT2D eigenvalue weighted by Crippen LogP contribution is 2.16. The van der Waals surface area contributed by atoms with Crippen LogP contribution in [0.4, 0.5) is 5.69 Å². The minimum absolute atomic E-state index is 0.0509. The molecule has 1 aromatic carbocycles. The smallest absolute Gasteiger partial charge is 0.251 e. The molecular weight excluding hydrogens is 334 g/mol. The predicted molar refractivity (Wildman–Crippen MR) is 85.8 cm³/mol. The fraction of sp³-hybridized carbons (Fsp3) is 0.200. The second kappa shape index (κ2) is 6.58. The molecule has 0 unspecified atom stereocenters. The van der Waals surface area contributed by atoms with Gasteiger partial charge in [-0.25, -0.2) is 0 Å². The van der Waals surface area contributed by atoms with Crippen molar-refractivity contribution in [3.8, 4) is 0 Å². The minimum atomic E-state index is -0.254. The molecule has 6 heteroatoms. The number of hydrogen-bond acceptors (Lipinski definition) is 3. The zero-order valence-corrected chi connectivity index (χ0v) is 13.1. The Morgan fingerprint density at radius 1 is 1.29 bits per heavy atom. The number of carbonyl (C=O) groups excluding carboxylic acids is 1. The molecule has 21 heavy (non-hydrogen) atoms. The second-order valence-electron chi connectivity index (χ2n) is 4.77. The molecule has 0 bridgehead atoms. The second-order valence-corrected chi connectivity index (χ2v) is 5.69. The summed E-state index contributed by atoms with van der Waals surface area (Å²) < 4.78 is 2.27. The number of nitrogen functional groups attached to an aromatic ring is 1. The summed E-state index contributed by atoms with van der Waals surface area (Å²) in [6.07, 6.45) is 1.46. The molecule has 2 rings (SSSR count). The largest absolute Gasteiger partial charge is 0.398 e. The van der Waals surface area contributed by atoms with Crippen LogP contribution in [0.15, 0.2) is 51.9 Å². The standard InChI is InChI=1S/C15H16BrN3O2/c1-10(11-2-4-12(16)5-3-11)18-14(20)9-19-8-13(17)6-7-15(19)21/h2-8,10H,9,17H2,1H3,(H,18,20)/t10-/m1/s1. The number of halogens is 1. The Morgan fingerprint density at radius 2 is 1.95 bits per heavy atom. The van der Waals surface area contributed by atoms with Gasteiger partial charge in [0.15, 0.2) is 0 Å². The van der Waals surface area contributed by atoms with Crippen LogP contribution >= 0.6 is 15.9 Å². The molecule has 0 aliphatic carbocycles. The highest BCUT2D eigenvalue weighted by atomic mass is 79.9. The zero-order chi connectivity index (χ0) is 15.4. The number of hydrogen-bond donors (Lipinski definition) is 2. The number of amides is 1. The maximum absolute atomic E-state index is 12.0. The molecule has 1 amide bonds. The SMILES string of the molecule is C[C@@H](NC(=O)Cn1cc(N)ccc1=O)c1ccc(Br)cc1. The molecule has 1 heterocycles. The monoisotopic (exact) mass is 349 g/mol. The number of pyridine rings is 1. The molecular formula is C15H16BrN3O2. The van der Waals surface area contributed by atoms with Crippen molar-refractivity contribution in [3.05, 3.63) is 63.0 Å². The van der Waals surface area contributed by atoms with Crippen molar-refractivity contribution in [1.29, 1.82) is 0 Å². The summed E-state index contributed by atoms with van der Waals surface area (Å²) in [5, 5.41) is 2.86. The number of nitrogens with one attached hydrogen (secondary N) is 1. The lowest BCUT2D eigenvalue weighted by molar-refractivity contribution is -0.122. The Kier molecular flexibility index (Phi) is 4.80. The van der Waals surface area contributed by atoms with Crippen molar-refractivity contribution in [1.82, 2.24) is 9.88 Å². The summed E-state index contributed by atoms with van der Waals surface area (Å²) in [4.78, 5) is 23.6. The third-order valence-corrected chi connectivity index (χ3v) is 3.60. The first kappa shape index (κ1) is 15.3.